The number of halogens is 1. The van der Waals surface area contributed by atoms with Gasteiger partial charge in [-0.05, 0) is 72.7 Å². The third kappa shape index (κ3) is 9.17. The molecule has 0 N–H and O–H groups in total. The first-order chi connectivity index (χ1) is 26.0. The van der Waals surface area contributed by atoms with Crippen molar-refractivity contribution in [3.8, 4) is 0 Å². The third-order valence-corrected chi connectivity index (χ3v) is 12.9. The molecular weight excluding hydrogens is 756 g/mol. The number of fused-ring (bicyclic) bond motifs is 2. The molecule has 0 unspecified atom stereocenters. The highest BCUT2D eigenvalue weighted by Gasteiger charge is 2.55. The second-order valence-electron chi connectivity index (χ2n) is 16.5. The Balaban J connectivity index is 1.28. The van der Waals surface area contributed by atoms with Crippen molar-refractivity contribution >= 4 is 40.9 Å². The number of benzene rings is 4. The molecule has 2 fully saturated rings. The van der Waals surface area contributed by atoms with Gasteiger partial charge in [-0.2, -0.15) is 5.10 Å². The first-order valence-electron chi connectivity index (χ1n) is 19.1. The van der Waals surface area contributed by atoms with Gasteiger partial charge < -0.3 is 24.0 Å². The van der Waals surface area contributed by atoms with Crippen LogP contribution in [0.25, 0.3) is 10.9 Å². The fraction of sp³-hybridized carbons (Fsp3) is 0.409. The second-order valence-corrected chi connectivity index (χ2v) is 22.6. The number of hydrogen-bond acceptors (Lipinski definition) is 5. The van der Waals surface area contributed by atoms with Crippen LogP contribution in [0.5, 0.6) is 0 Å². The quantitative estimate of drug-likeness (QED) is 0.0636. The first-order valence-corrected chi connectivity index (χ1v) is 24.0. The monoisotopic (exact) mass is 808 g/mol. The average Bonchev–Trinajstić information content (AvgIpc) is 3.70. The zero-order valence-corrected chi connectivity index (χ0v) is 34.7. The summed E-state index contributed by atoms with van der Waals surface area (Å²) in [4.78, 5) is 19.6. The molecule has 4 atom stereocenters. The van der Waals surface area contributed by atoms with Crippen molar-refractivity contribution in [2.75, 3.05) is 6.61 Å². The molecule has 8 nitrogen and oxygen atoms in total. The number of hydrogen-bond donors (Lipinski definition) is 0. The van der Waals surface area contributed by atoms with E-state index in [1.807, 2.05) is 36.9 Å². The Morgan fingerprint density at radius 2 is 1.30 bits per heavy atom. The maximum atomic E-state index is 15.5. The highest BCUT2D eigenvalue weighted by atomic mass is 79.9. The van der Waals surface area contributed by atoms with Crippen LogP contribution in [0.1, 0.15) is 41.7 Å². The van der Waals surface area contributed by atoms with E-state index in [9.17, 15) is 0 Å². The molecule has 3 heterocycles. The highest BCUT2D eigenvalue weighted by Crippen LogP contribution is 2.40. The predicted molar refractivity (Wildman–Crippen MR) is 221 cm³/mol. The standard InChI is InChI=1S/C44H53BrN4O4Si/c1-44(2)52-41-39(25-32-13-8-6-9-14-32)47(29-35-18-12-17-34(23-35)27-45)43(50)48(40(42(41)53-44)26-33-15-10-7-11-16-33)30-36-19-20-38-37(24-36)28-46-49(38)31-51-21-22-54(3,4)5/h6-20,23-24,28,39-42H,21-22,25-27,29-31H2,1-5H3/t39-,40-,41+,42+/m1/s1. The lowest BCUT2D eigenvalue weighted by Gasteiger charge is -2.37. The summed E-state index contributed by atoms with van der Waals surface area (Å²) in [5.74, 6) is -0.822. The van der Waals surface area contributed by atoms with Crippen molar-refractivity contribution < 1.29 is 19.0 Å². The fourth-order valence-electron chi connectivity index (χ4n) is 7.82. The Morgan fingerprint density at radius 3 is 1.87 bits per heavy atom. The van der Waals surface area contributed by atoms with Crippen LogP contribution in [0.3, 0.4) is 0 Å². The van der Waals surface area contributed by atoms with E-state index in [4.69, 9.17) is 14.2 Å². The molecule has 2 aliphatic rings. The fourth-order valence-corrected chi connectivity index (χ4v) is 8.93. The van der Waals surface area contributed by atoms with Gasteiger partial charge in [0.05, 0.1) is 23.8 Å². The van der Waals surface area contributed by atoms with Gasteiger partial charge in [0.25, 0.3) is 0 Å². The molecule has 2 amide bonds. The summed E-state index contributed by atoms with van der Waals surface area (Å²) < 4.78 is 21.8. The maximum Gasteiger partial charge on any atom is 0.321 e. The van der Waals surface area contributed by atoms with Crippen LogP contribution in [-0.4, -0.2) is 70.4 Å². The Hall–Kier alpha value is -3.80. The normalized spacial score (nSPS) is 21.4. The summed E-state index contributed by atoms with van der Waals surface area (Å²) in [6.45, 7) is 13.1. The minimum absolute atomic E-state index is 0.0212. The van der Waals surface area contributed by atoms with E-state index < -0.39 is 13.9 Å². The lowest BCUT2D eigenvalue weighted by atomic mass is 9.91. The van der Waals surface area contributed by atoms with E-state index in [-0.39, 0.29) is 30.3 Å². The maximum absolute atomic E-state index is 15.5. The summed E-state index contributed by atoms with van der Waals surface area (Å²) >= 11 is 3.64. The van der Waals surface area contributed by atoms with Gasteiger partial charge in [-0.3, -0.25) is 0 Å². The summed E-state index contributed by atoms with van der Waals surface area (Å²) in [5.41, 5.74) is 6.60. The molecule has 7 rings (SSSR count). The van der Waals surface area contributed by atoms with Crippen molar-refractivity contribution in [2.24, 2.45) is 0 Å². The molecule has 0 radical (unpaired) electrons. The van der Waals surface area contributed by atoms with Gasteiger partial charge in [0, 0.05) is 38.5 Å². The summed E-state index contributed by atoms with van der Waals surface area (Å²) in [7, 11) is -1.18. The van der Waals surface area contributed by atoms with Gasteiger partial charge in [-0.1, -0.05) is 127 Å². The Bertz CT molecular complexity index is 2020. The molecule has 0 saturated carbocycles. The second kappa shape index (κ2) is 16.5. The van der Waals surface area contributed by atoms with Crippen LogP contribution >= 0.6 is 15.9 Å². The Morgan fingerprint density at radius 1 is 0.741 bits per heavy atom. The van der Waals surface area contributed by atoms with Gasteiger partial charge in [0.2, 0.25) is 0 Å². The molecule has 2 aliphatic heterocycles. The van der Waals surface area contributed by atoms with Gasteiger partial charge >= 0.3 is 6.03 Å². The molecule has 0 aliphatic carbocycles. The number of alkyl halides is 1. The SMILES string of the molecule is CC1(C)O[C@@H]2[C@@H](O1)[C@@H](Cc1ccccc1)N(Cc1ccc3c(cnn3COCC[Si](C)(C)C)c1)C(=O)N(Cc1cccc(CBr)c1)[C@@H]2Cc1ccccc1. The smallest absolute Gasteiger partial charge is 0.321 e. The van der Waals surface area contributed by atoms with Gasteiger partial charge in [-0.15, -0.1) is 0 Å². The zero-order chi connectivity index (χ0) is 37.9. The van der Waals surface area contributed by atoms with Gasteiger partial charge in [-0.25, -0.2) is 9.48 Å². The molecule has 0 bridgehead atoms. The number of amides is 2. The minimum atomic E-state index is -1.18. The number of ether oxygens (including phenoxy) is 3. The highest BCUT2D eigenvalue weighted by molar-refractivity contribution is 9.08. The van der Waals surface area contributed by atoms with Gasteiger partial charge in [0.15, 0.2) is 5.79 Å². The van der Waals surface area contributed by atoms with E-state index in [0.717, 1.165) is 51.1 Å². The van der Waals surface area contributed by atoms with Crippen LogP contribution in [0.2, 0.25) is 25.7 Å². The summed E-state index contributed by atoms with van der Waals surface area (Å²) in [5, 5.41) is 6.44. The molecule has 10 heteroatoms. The molecule has 284 valence electrons. The van der Waals surface area contributed by atoms with Crippen molar-refractivity contribution in [3.63, 3.8) is 0 Å². The third-order valence-electron chi connectivity index (χ3n) is 10.6. The number of carbonyl (C=O) groups excluding carboxylic acids is 1. The van der Waals surface area contributed by atoms with Crippen molar-refractivity contribution in [3.05, 3.63) is 137 Å². The molecule has 4 aromatic carbocycles. The molecule has 1 aromatic heterocycles. The van der Waals surface area contributed by atoms with E-state index in [2.05, 4.69) is 141 Å². The van der Waals surface area contributed by atoms with E-state index in [1.165, 1.54) is 5.56 Å². The summed E-state index contributed by atoms with van der Waals surface area (Å²) in [6.07, 6.45) is 2.45. The molecule has 5 aromatic rings. The minimum Gasteiger partial charge on any atom is -0.360 e. The number of nitrogens with zero attached hydrogens (tertiary/aromatic N) is 4. The van der Waals surface area contributed by atoms with Gasteiger partial charge in [0.1, 0.15) is 18.9 Å². The van der Waals surface area contributed by atoms with Crippen molar-refractivity contribution in [2.45, 2.75) is 108 Å². The molecule has 0 spiro atoms. The largest absolute Gasteiger partial charge is 0.360 e. The topological polar surface area (TPSA) is 69.1 Å². The van der Waals surface area contributed by atoms with Crippen LogP contribution in [-0.2, 0) is 52.2 Å². The lowest BCUT2D eigenvalue weighted by Crippen LogP contribution is -2.51. The number of carbonyl (C=O) groups is 1. The van der Waals surface area contributed by atoms with E-state index in [0.29, 0.717) is 32.7 Å². The summed E-state index contributed by atoms with van der Waals surface area (Å²) in [6, 6.07) is 36.3. The number of rotatable bonds is 14. The lowest BCUT2D eigenvalue weighted by molar-refractivity contribution is -0.157. The van der Waals surface area contributed by atoms with E-state index >= 15 is 4.79 Å². The van der Waals surface area contributed by atoms with Crippen LogP contribution in [0, 0.1) is 0 Å². The average molecular weight is 810 g/mol. The molecule has 2 saturated heterocycles. The molecule has 54 heavy (non-hydrogen) atoms. The van der Waals surface area contributed by atoms with E-state index in [1.54, 1.807) is 0 Å². The predicted octanol–water partition coefficient (Wildman–Crippen LogP) is 9.42. The van der Waals surface area contributed by atoms with Crippen molar-refractivity contribution in [1.29, 1.82) is 0 Å². The zero-order valence-electron chi connectivity index (χ0n) is 32.2. The van der Waals surface area contributed by atoms with Crippen LogP contribution in [0.15, 0.2) is 109 Å². The Labute approximate surface area is 329 Å². The van der Waals surface area contributed by atoms with Crippen molar-refractivity contribution in [1.82, 2.24) is 19.6 Å². The number of urea groups is 1. The van der Waals surface area contributed by atoms with Crippen LogP contribution < -0.4 is 0 Å². The Kier molecular flexibility index (Phi) is 11.8. The molecular formula is C44H53BrN4O4Si. The first kappa shape index (κ1) is 38.5. The van der Waals surface area contributed by atoms with Crippen LogP contribution in [0.4, 0.5) is 4.79 Å². The number of aromatic nitrogens is 2.